The van der Waals surface area contributed by atoms with Crippen molar-refractivity contribution in [2.45, 2.75) is 19.4 Å². The molecule has 7 heteroatoms. The molecule has 1 saturated heterocycles. The molecule has 1 aromatic carbocycles. The van der Waals surface area contributed by atoms with E-state index in [-0.39, 0.29) is 18.0 Å². The Kier molecular flexibility index (Phi) is 5.37. The van der Waals surface area contributed by atoms with Gasteiger partial charge in [-0.3, -0.25) is 8.75 Å². The van der Waals surface area contributed by atoms with E-state index in [2.05, 4.69) is 4.90 Å². The molecule has 1 fully saturated rings. The number of halogens is 3. The maximum absolute atomic E-state index is 12.2. The van der Waals surface area contributed by atoms with Crippen molar-refractivity contribution in [3.63, 3.8) is 0 Å². The van der Waals surface area contributed by atoms with Crippen LogP contribution in [0.4, 0.5) is 0 Å². The first-order valence-electron chi connectivity index (χ1n) is 6.36. The van der Waals surface area contributed by atoms with E-state index in [1.807, 2.05) is 0 Å². The lowest BCUT2D eigenvalue weighted by atomic mass is 10.3. The van der Waals surface area contributed by atoms with Crippen LogP contribution >= 0.6 is 47.1 Å². The first-order chi connectivity index (χ1) is 9.15. The highest BCUT2D eigenvalue weighted by Gasteiger charge is 2.14. The molecule has 0 unspecified atom stereocenters. The van der Waals surface area contributed by atoms with Crippen LogP contribution in [0.15, 0.2) is 16.9 Å². The highest BCUT2D eigenvalue weighted by Crippen LogP contribution is 2.28. The van der Waals surface area contributed by atoms with Crippen LogP contribution in [0.2, 0.25) is 10.0 Å². The number of benzene rings is 1. The summed E-state index contributed by atoms with van der Waals surface area (Å²) in [6, 6.07) is 3.45. The summed E-state index contributed by atoms with van der Waals surface area (Å²) in [6.45, 7) is 3.98. The zero-order valence-electron chi connectivity index (χ0n) is 10.8. The van der Waals surface area contributed by atoms with Crippen molar-refractivity contribution in [3.8, 4) is 0 Å². The van der Waals surface area contributed by atoms with Crippen molar-refractivity contribution in [1.82, 2.24) is 8.86 Å². The van der Waals surface area contributed by atoms with E-state index in [1.54, 1.807) is 16.1 Å². The van der Waals surface area contributed by atoms with Gasteiger partial charge in [-0.05, 0) is 38.1 Å². The van der Waals surface area contributed by atoms with Crippen LogP contribution in [-0.4, -0.2) is 28.5 Å². The molecule has 2 heterocycles. The Morgan fingerprint density at radius 2 is 1.75 bits per heavy atom. The summed E-state index contributed by atoms with van der Waals surface area (Å²) in [5.74, 6) is 0. The van der Waals surface area contributed by atoms with Gasteiger partial charge in [-0.15, -0.1) is 12.4 Å². The van der Waals surface area contributed by atoms with Gasteiger partial charge in [0, 0.05) is 13.1 Å². The second-order valence-electron chi connectivity index (χ2n) is 4.81. The molecule has 0 spiro atoms. The molecule has 0 radical (unpaired) electrons. The maximum Gasteiger partial charge on any atom is 0.268 e. The van der Waals surface area contributed by atoms with Crippen LogP contribution in [0.1, 0.15) is 12.8 Å². The summed E-state index contributed by atoms with van der Waals surface area (Å²) < 4.78 is 2.70. The SMILES string of the molecule is Cl.O=c1c2cc(Cl)c(Cl)cc2sn1CCN1CCCC1. The van der Waals surface area contributed by atoms with Crippen molar-refractivity contribution >= 4 is 57.2 Å². The predicted molar refractivity (Wildman–Crippen MR) is 89.0 cm³/mol. The number of rotatable bonds is 3. The van der Waals surface area contributed by atoms with Crippen molar-refractivity contribution in [3.05, 3.63) is 32.5 Å². The van der Waals surface area contributed by atoms with E-state index >= 15 is 0 Å². The first kappa shape index (κ1) is 16.1. The van der Waals surface area contributed by atoms with Crippen LogP contribution < -0.4 is 5.56 Å². The van der Waals surface area contributed by atoms with E-state index in [0.717, 1.165) is 30.9 Å². The molecule has 0 amide bonds. The summed E-state index contributed by atoms with van der Waals surface area (Å²) in [6.07, 6.45) is 2.54. The third-order valence-electron chi connectivity index (χ3n) is 3.51. The van der Waals surface area contributed by atoms with Gasteiger partial charge in [-0.1, -0.05) is 34.7 Å². The molecule has 3 rings (SSSR count). The standard InChI is InChI=1S/C13H14Cl2N2OS.ClH/c14-10-7-9-12(8-11(10)15)19-17(13(9)18)6-5-16-3-1-2-4-16;/h7-8H,1-6H2;1H. The second kappa shape index (κ2) is 6.67. The fourth-order valence-electron chi connectivity index (χ4n) is 2.45. The second-order valence-corrected chi connectivity index (χ2v) is 6.69. The maximum atomic E-state index is 12.2. The topological polar surface area (TPSA) is 25.2 Å². The van der Waals surface area contributed by atoms with Crippen LogP contribution in [0, 0.1) is 0 Å². The number of fused-ring (bicyclic) bond motifs is 1. The molecule has 0 N–H and O–H groups in total. The average Bonchev–Trinajstić information content (AvgIpc) is 2.99. The highest BCUT2D eigenvalue weighted by molar-refractivity contribution is 7.13. The fourth-order valence-corrected chi connectivity index (χ4v) is 3.85. The van der Waals surface area contributed by atoms with Gasteiger partial charge in [0.1, 0.15) is 0 Å². The molecule has 0 aliphatic carbocycles. The lowest BCUT2D eigenvalue weighted by Crippen LogP contribution is -2.26. The van der Waals surface area contributed by atoms with Gasteiger partial charge < -0.3 is 4.90 Å². The summed E-state index contributed by atoms with van der Waals surface area (Å²) >= 11 is 13.4. The van der Waals surface area contributed by atoms with Crippen LogP contribution in [0.3, 0.4) is 0 Å². The smallest absolute Gasteiger partial charge is 0.268 e. The average molecular weight is 354 g/mol. The summed E-state index contributed by atoms with van der Waals surface area (Å²) in [7, 11) is 0. The molecular formula is C13H15Cl3N2OS. The Balaban J connectivity index is 0.00000147. The minimum Gasteiger partial charge on any atom is -0.302 e. The van der Waals surface area contributed by atoms with E-state index < -0.39 is 0 Å². The molecule has 2 aromatic rings. The van der Waals surface area contributed by atoms with Crippen molar-refractivity contribution in [2.75, 3.05) is 19.6 Å². The van der Waals surface area contributed by atoms with Gasteiger partial charge in [0.15, 0.2) is 0 Å². The lowest BCUT2D eigenvalue weighted by Gasteiger charge is -2.13. The fraction of sp³-hybridized carbons (Fsp3) is 0.462. The number of hydrogen-bond acceptors (Lipinski definition) is 3. The number of likely N-dealkylation sites (tertiary alicyclic amines) is 1. The minimum absolute atomic E-state index is 0. The van der Waals surface area contributed by atoms with Gasteiger partial charge in [-0.2, -0.15) is 0 Å². The third-order valence-corrected chi connectivity index (χ3v) is 5.33. The van der Waals surface area contributed by atoms with E-state index in [1.165, 1.54) is 24.4 Å². The van der Waals surface area contributed by atoms with E-state index in [0.29, 0.717) is 15.4 Å². The Morgan fingerprint density at radius 1 is 1.10 bits per heavy atom. The summed E-state index contributed by atoms with van der Waals surface area (Å²) in [5.41, 5.74) is 0.0396. The highest BCUT2D eigenvalue weighted by atomic mass is 35.5. The molecule has 1 aromatic heterocycles. The van der Waals surface area contributed by atoms with Gasteiger partial charge in [0.25, 0.3) is 5.56 Å². The Hall–Kier alpha value is -0.260. The molecule has 1 aliphatic rings. The minimum atomic E-state index is 0. The van der Waals surface area contributed by atoms with Crippen LogP contribution in [0.5, 0.6) is 0 Å². The number of hydrogen-bond donors (Lipinski definition) is 0. The Morgan fingerprint density at radius 3 is 2.45 bits per heavy atom. The first-order valence-corrected chi connectivity index (χ1v) is 7.89. The molecule has 110 valence electrons. The van der Waals surface area contributed by atoms with Gasteiger partial charge in [0.05, 0.1) is 20.1 Å². The number of aromatic nitrogens is 1. The Bertz CT molecular complexity index is 661. The zero-order valence-corrected chi connectivity index (χ0v) is 13.9. The third kappa shape index (κ3) is 3.15. The molecule has 0 saturated carbocycles. The zero-order chi connectivity index (χ0) is 13.4. The van der Waals surface area contributed by atoms with Gasteiger partial charge >= 0.3 is 0 Å². The lowest BCUT2D eigenvalue weighted by molar-refractivity contribution is 0.326. The largest absolute Gasteiger partial charge is 0.302 e. The number of nitrogens with zero attached hydrogens (tertiary/aromatic N) is 2. The predicted octanol–water partition coefficient (Wildman–Crippen LogP) is 3.89. The molecule has 1 aliphatic heterocycles. The summed E-state index contributed by atoms with van der Waals surface area (Å²) in [4.78, 5) is 14.6. The molecule has 20 heavy (non-hydrogen) atoms. The monoisotopic (exact) mass is 352 g/mol. The van der Waals surface area contributed by atoms with E-state index in [4.69, 9.17) is 23.2 Å². The van der Waals surface area contributed by atoms with Crippen molar-refractivity contribution in [2.24, 2.45) is 0 Å². The Labute approximate surface area is 137 Å². The molecular weight excluding hydrogens is 339 g/mol. The van der Waals surface area contributed by atoms with Crippen molar-refractivity contribution < 1.29 is 0 Å². The normalized spacial score (nSPS) is 15.7. The van der Waals surface area contributed by atoms with Crippen LogP contribution in [-0.2, 0) is 6.54 Å². The molecule has 3 nitrogen and oxygen atoms in total. The van der Waals surface area contributed by atoms with Crippen molar-refractivity contribution in [1.29, 1.82) is 0 Å². The van der Waals surface area contributed by atoms with Crippen LogP contribution in [0.25, 0.3) is 10.1 Å². The quantitative estimate of drug-likeness (QED) is 0.836. The van der Waals surface area contributed by atoms with E-state index in [9.17, 15) is 4.79 Å². The molecule has 0 bridgehead atoms. The van der Waals surface area contributed by atoms with Gasteiger partial charge in [0.2, 0.25) is 0 Å². The summed E-state index contributed by atoms with van der Waals surface area (Å²) in [5, 5.41) is 1.61. The molecule has 0 atom stereocenters. The van der Waals surface area contributed by atoms with Gasteiger partial charge in [-0.25, -0.2) is 0 Å².